The summed E-state index contributed by atoms with van der Waals surface area (Å²) in [6.45, 7) is 8.77. The smallest absolute Gasteiger partial charge is 1.00 e. The zero-order chi connectivity index (χ0) is 35.3. The van der Waals surface area contributed by atoms with Crippen molar-refractivity contribution >= 4 is 25.8 Å². The number of hydrogen-bond acceptors (Lipinski definition) is 2. The van der Waals surface area contributed by atoms with Crippen molar-refractivity contribution in [1.82, 2.24) is 10.6 Å². The van der Waals surface area contributed by atoms with Gasteiger partial charge in [0.25, 0.3) is 0 Å². The van der Waals surface area contributed by atoms with E-state index in [0.29, 0.717) is 5.92 Å². The predicted molar refractivity (Wildman–Crippen MR) is 221 cm³/mol. The van der Waals surface area contributed by atoms with Gasteiger partial charge in [-0.25, -0.2) is 0 Å². The molecular weight excluding hydrogens is 783 g/mol. The molecule has 0 radical (unpaired) electrons. The zero-order valence-corrected chi connectivity index (χ0v) is 36.2. The van der Waals surface area contributed by atoms with Gasteiger partial charge in [0.05, 0.1) is 0 Å². The molecule has 10 unspecified atom stereocenters. The second-order valence-corrected chi connectivity index (χ2v) is 16.7. The largest absolute Gasteiger partial charge is 3.00 e. The molecule has 0 saturated carbocycles. The Morgan fingerprint density at radius 2 is 0.611 bits per heavy atom. The first-order valence-corrected chi connectivity index (χ1v) is 19.9. The molecule has 5 heterocycles. The number of rotatable bonds is 4. The van der Waals surface area contributed by atoms with E-state index >= 15 is 0 Å². The Labute approximate surface area is 348 Å². The maximum absolute atomic E-state index is 5.87. The Morgan fingerprint density at radius 3 is 0.926 bits per heavy atom. The summed E-state index contributed by atoms with van der Waals surface area (Å²) < 4.78 is 0. The Hall–Kier alpha value is -2.64. The van der Waals surface area contributed by atoms with Gasteiger partial charge in [-0.2, -0.15) is 0 Å². The van der Waals surface area contributed by atoms with Crippen LogP contribution in [-0.2, 0) is 0 Å². The van der Waals surface area contributed by atoms with Crippen molar-refractivity contribution in [2.45, 2.75) is 125 Å². The van der Waals surface area contributed by atoms with Crippen molar-refractivity contribution in [3.8, 4) is 0 Å². The molecule has 276 valence electrons. The van der Waals surface area contributed by atoms with Crippen LogP contribution in [0.4, 0.5) is 0 Å². The molecule has 5 aliphatic heterocycles. The fourth-order valence-corrected chi connectivity index (χ4v) is 10.4. The fraction of sp³-hybridized carbons (Fsp3) is 0.417. The third-order valence-corrected chi connectivity index (χ3v) is 13.2. The van der Waals surface area contributed by atoms with Crippen molar-refractivity contribution in [1.29, 1.82) is 0 Å². The molecule has 3 fully saturated rings. The van der Waals surface area contributed by atoms with Crippen LogP contribution in [0.15, 0.2) is 121 Å². The van der Waals surface area contributed by atoms with E-state index in [1.165, 1.54) is 44.5 Å². The summed E-state index contributed by atoms with van der Waals surface area (Å²) in [5.74, 6) is 1.10. The molecule has 4 aromatic carbocycles. The van der Waals surface area contributed by atoms with Crippen LogP contribution in [0, 0.1) is 27.7 Å². The minimum Gasteiger partial charge on any atom is -1.00 e. The van der Waals surface area contributed by atoms with Gasteiger partial charge in [-0.1, -0.05) is 169 Å². The molecule has 4 nitrogen and oxygen atoms in total. The Bertz CT molecular complexity index is 1810. The number of fused-ring (bicyclic) bond motifs is 8. The molecular formula is C48H54ClInN4. The van der Waals surface area contributed by atoms with Crippen LogP contribution >= 0.6 is 0 Å². The summed E-state index contributed by atoms with van der Waals surface area (Å²) in [4.78, 5) is 0. The Balaban J connectivity index is 0.00000225. The van der Waals surface area contributed by atoms with Crippen LogP contribution in [-0.4, -0.2) is 74.2 Å². The van der Waals surface area contributed by atoms with Gasteiger partial charge >= 0.3 is 25.8 Å². The topological polar surface area (TPSA) is 52.3 Å². The van der Waals surface area contributed by atoms with E-state index in [1.54, 1.807) is 0 Å². The van der Waals surface area contributed by atoms with E-state index in [0.717, 1.165) is 25.7 Å². The minimum absolute atomic E-state index is 0. The molecule has 0 spiro atoms. The van der Waals surface area contributed by atoms with Gasteiger partial charge in [0, 0.05) is 30.1 Å². The number of aryl methyl sites for hydroxylation is 4. The third-order valence-electron chi connectivity index (χ3n) is 13.2. The van der Waals surface area contributed by atoms with Crippen molar-refractivity contribution in [3.63, 3.8) is 0 Å². The molecule has 9 rings (SSSR count). The van der Waals surface area contributed by atoms with E-state index in [4.69, 9.17) is 10.6 Å². The van der Waals surface area contributed by atoms with Gasteiger partial charge in [-0.15, -0.1) is 24.2 Å². The molecule has 0 aliphatic carbocycles. The van der Waals surface area contributed by atoms with Gasteiger partial charge in [-0.3, -0.25) is 0 Å². The van der Waals surface area contributed by atoms with E-state index in [1.807, 2.05) is 0 Å². The van der Waals surface area contributed by atoms with Gasteiger partial charge in [0.15, 0.2) is 0 Å². The van der Waals surface area contributed by atoms with E-state index in [9.17, 15) is 0 Å². The SMILES string of the molecule is Cc1ccc(C2C3CCC([N-]3)C(c3ccc(C)cc3)C3C=CC(N3)C(c3ccc(C)cc3)C3C=CC(N3)C(c3ccc(C)cc3)C3CCC2[N-]3)cc1.[Cl-].[In+3]. The predicted octanol–water partition coefficient (Wildman–Crippen LogP) is 6.59. The van der Waals surface area contributed by atoms with Crippen molar-refractivity contribution in [2.24, 2.45) is 0 Å². The first kappa shape index (κ1) is 39.6. The molecule has 10 atom stereocenters. The van der Waals surface area contributed by atoms with Crippen molar-refractivity contribution in [3.05, 3.63) is 177 Å². The normalized spacial score (nSPS) is 34.0. The van der Waals surface area contributed by atoms with Gasteiger partial charge in [0.2, 0.25) is 0 Å². The van der Waals surface area contributed by atoms with E-state index < -0.39 is 0 Å². The molecule has 8 bridgehead atoms. The Morgan fingerprint density at radius 1 is 0.370 bits per heavy atom. The monoisotopic (exact) mass is 836 g/mol. The fourth-order valence-electron chi connectivity index (χ4n) is 10.4. The van der Waals surface area contributed by atoms with Crippen LogP contribution < -0.4 is 23.0 Å². The second-order valence-electron chi connectivity index (χ2n) is 16.7. The molecule has 54 heavy (non-hydrogen) atoms. The molecule has 5 aliphatic rings. The van der Waals surface area contributed by atoms with Crippen LogP contribution in [0.25, 0.3) is 10.6 Å². The number of hydrogen-bond donors (Lipinski definition) is 2. The minimum atomic E-state index is 0. The van der Waals surface area contributed by atoms with Gasteiger partial charge in [0.1, 0.15) is 0 Å². The molecule has 0 aromatic heterocycles. The molecule has 4 aromatic rings. The van der Waals surface area contributed by atoms with Crippen LogP contribution in [0.1, 0.15) is 93.9 Å². The maximum Gasteiger partial charge on any atom is 3.00 e. The maximum atomic E-state index is 5.87. The van der Waals surface area contributed by atoms with E-state index in [-0.39, 0.29) is 104 Å². The summed E-state index contributed by atoms with van der Waals surface area (Å²) >= 11 is 0. The summed E-state index contributed by atoms with van der Waals surface area (Å²) in [5.41, 5.74) is 10.8. The van der Waals surface area contributed by atoms with Crippen molar-refractivity contribution < 1.29 is 12.4 Å². The average Bonchev–Trinajstić information content (AvgIpc) is 3.99. The standard InChI is InChI=1S/C48H54N4.ClH.In/c1-29-5-13-33(14-6-29)45-37-21-23-39(49-37)46(34-15-7-30(2)8-16-34)41-25-27-43(51-41)48(36-19-11-32(4)12-20-36)44-28-26-42(52-44)47(40-24-22-38(45)50-40)35-17-9-31(3)10-18-35;;/h5-24,37-50H,25-28H2,1-4H3;1H;/q-2;;+3/p-1. The first-order chi connectivity index (χ1) is 25.4. The molecule has 0 amide bonds. The average molecular weight is 837 g/mol. The van der Waals surface area contributed by atoms with E-state index in [2.05, 4.69) is 160 Å². The van der Waals surface area contributed by atoms with Gasteiger partial charge < -0.3 is 33.7 Å². The number of halogens is 1. The van der Waals surface area contributed by atoms with Crippen molar-refractivity contribution in [2.75, 3.05) is 0 Å². The quantitative estimate of drug-likeness (QED) is 0.228. The molecule has 2 N–H and O–H groups in total. The molecule has 6 heteroatoms. The second kappa shape index (κ2) is 16.8. The number of benzene rings is 4. The third kappa shape index (κ3) is 7.84. The summed E-state index contributed by atoms with van der Waals surface area (Å²) in [6, 6.07) is 39.1. The van der Waals surface area contributed by atoms with Crippen LogP contribution in [0.3, 0.4) is 0 Å². The number of nitrogens with zero attached hydrogens (tertiary/aromatic N) is 2. The number of nitrogens with one attached hydrogen (secondary N) is 2. The summed E-state index contributed by atoms with van der Waals surface area (Å²) in [5, 5.41) is 20.2. The summed E-state index contributed by atoms with van der Waals surface area (Å²) in [7, 11) is 0. The van der Waals surface area contributed by atoms with Crippen LogP contribution in [0.5, 0.6) is 0 Å². The first-order valence-electron chi connectivity index (χ1n) is 19.9. The van der Waals surface area contributed by atoms with Crippen LogP contribution in [0.2, 0.25) is 0 Å². The molecule has 3 saturated heterocycles. The van der Waals surface area contributed by atoms with Gasteiger partial charge in [-0.05, 0) is 67.7 Å². The Kier molecular flexibility index (Phi) is 12.3. The summed E-state index contributed by atoms with van der Waals surface area (Å²) in [6.07, 6.45) is 14.4. The zero-order valence-electron chi connectivity index (χ0n) is 32.2.